The molecule has 2 aromatic rings. The van der Waals surface area contributed by atoms with Gasteiger partial charge in [-0.25, -0.2) is 0 Å². The van der Waals surface area contributed by atoms with Gasteiger partial charge in [-0.3, -0.25) is 4.68 Å². The zero-order valence-corrected chi connectivity index (χ0v) is 11.4. The fraction of sp³-hybridized carbons (Fsp3) is 0.500. The first kappa shape index (κ1) is 13.5. The Morgan fingerprint density at radius 2 is 2.21 bits per heavy atom. The zero-order valence-electron chi connectivity index (χ0n) is 10.6. The minimum atomic E-state index is -0.0264. The van der Waals surface area contributed by atoms with Crippen LogP contribution < -0.4 is 10.1 Å². The summed E-state index contributed by atoms with van der Waals surface area (Å²) in [6, 6.07) is 0.207. The van der Waals surface area contributed by atoms with Crippen molar-refractivity contribution >= 4 is 17.5 Å². The third kappa shape index (κ3) is 4.32. The van der Waals surface area contributed by atoms with E-state index >= 15 is 0 Å². The van der Waals surface area contributed by atoms with Crippen molar-refractivity contribution < 1.29 is 4.74 Å². The lowest BCUT2D eigenvalue weighted by atomic mass is 10.5. The average molecular weight is 284 g/mol. The van der Waals surface area contributed by atoms with E-state index in [4.69, 9.17) is 16.3 Å². The van der Waals surface area contributed by atoms with Gasteiger partial charge in [-0.2, -0.15) is 15.0 Å². The van der Waals surface area contributed by atoms with E-state index in [9.17, 15) is 0 Å². The Hall–Kier alpha value is -1.96. The molecule has 0 amide bonds. The first-order valence-electron chi connectivity index (χ1n) is 5.79. The molecule has 8 nitrogen and oxygen atoms in total. The van der Waals surface area contributed by atoms with E-state index in [0.717, 1.165) is 0 Å². The molecule has 2 heterocycles. The largest absolute Gasteiger partial charge is 0.461 e. The van der Waals surface area contributed by atoms with Crippen LogP contribution in [-0.4, -0.2) is 42.6 Å². The zero-order chi connectivity index (χ0) is 13.7. The number of hydrogen-bond donors (Lipinski definition) is 1. The fourth-order valence-corrected chi connectivity index (χ4v) is 1.46. The van der Waals surface area contributed by atoms with Crippen molar-refractivity contribution in [1.29, 1.82) is 0 Å². The summed E-state index contributed by atoms with van der Waals surface area (Å²) >= 11 is 5.80. The molecule has 102 valence electrons. The maximum Gasteiger partial charge on any atom is 0.322 e. The molecular formula is C10H14ClN7O. The van der Waals surface area contributed by atoms with Gasteiger partial charge in [0.2, 0.25) is 11.2 Å². The summed E-state index contributed by atoms with van der Waals surface area (Å²) in [4.78, 5) is 12.0. The van der Waals surface area contributed by atoms with Gasteiger partial charge in [-0.15, -0.1) is 5.10 Å². The summed E-state index contributed by atoms with van der Waals surface area (Å²) in [5.41, 5.74) is 0. The summed E-state index contributed by atoms with van der Waals surface area (Å²) in [6.07, 6.45) is 3.37. The smallest absolute Gasteiger partial charge is 0.322 e. The molecule has 0 saturated heterocycles. The van der Waals surface area contributed by atoms with Gasteiger partial charge in [0.1, 0.15) is 0 Å². The quantitative estimate of drug-likeness (QED) is 0.846. The number of halogens is 1. The summed E-state index contributed by atoms with van der Waals surface area (Å²) in [5, 5.41) is 10.7. The van der Waals surface area contributed by atoms with Gasteiger partial charge in [0.25, 0.3) is 0 Å². The van der Waals surface area contributed by atoms with E-state index in [2.05, 4.69) is 30.6 Å². The molecule has 2 aromatic heterocycles. The van der Waals surface area contributed by atoms with Crippen LogP contribution in [0.2, 0.25) is 5.28 Å². The standard InChI is InChI=1S/C10H14ClN7O/c1-7(2)19-10-15-8(11)14-9(16-10)12-3-5-18-6-4-13-17-18/h4,6-7H,3,5H2,1-2H3,(H,12,14,15,16). The fourth-order valence-electron chi connectivity index (χ4n) is 1.31. The average Bonchev–Trinajstić information content (AvgIpc) is 2.80. The highest BCUT2D eigenvalue weighted by Crippen LogP contribution is 2.12. The van der Waals surface area contributed by atoms with Gasteiger partial charge in [-0.05, 0) is 25.4 Å². The van der Waals surface area contributed by atoms with Gasteiger partial charge >= 0.3 is 6.01 Å². The molecule has 0 aliphatic carbocycles. The van der Waals surface area contributed by atoms with Gasteiger partial charge in [0.15, 0.2) is 0 Å². The van der Waals surface area contributed by atoms with E-state index in [1.54, 1.807) is 17.1 Å². The van der Waals surface area contributed by atoms with Gasteiger partial charge in [0, 0.05) is 12.7 Å². The summed E-state index contributed by atoms with van der Waals surface area (Å²) in [6.45, 7) is 5.00. The van der Waals surface area contributed by atoms with Crippen LogP contribution >= 0.6 is 11.6 Å². The van der Waals surface area contributed by atoms with Gasteiger partial charge in [-0.1, -0.05) is 5.21 Å². The monoisotopic (exact) mass is 283 g/mol. The van der Waals surface area contributed by atoms with E-state index in [1.807, 2.05) is 13.8 Å². The molecule has 0 bridgehead atoms. The first-order valence-corrected chi connectivity index (χ1v) is 6.17. The lowest BCUT2D eigenvalue weighted by Gasteiger charge is -2.09. The number of nitrogens with zero attached hydrogens (tertiary/aromatic N) is 6. The lowest BCUT2D eigenvalue weighted by molar-refractivity contribution is 0.222. The van der Waals surface area contributed by atoms with Gasteiger partial charge < -0.3 is 10.1 Å². The number of ether oxygens (including phenoxy) is 1. The molecule has 0 atom stereocenters. The third-order valence-corrected chi connectivity index (χ3v) is 2.19. The molecule has 0 aromatic carbocycles. The van der Waals surface area contributed by atoms with Crippen molar-refractivity contribution in [2.45, 2.75) is 26.5 Å². The topological polar surface area (TPSA) is 90.6 Å². The normalized spacial score (nSPS) is 10.7. The summed E-state index contributed by atoms with van der Waals surface area (Å²) in [5.74, 6) is 0.371. The minimum Gasteiger partial charge on any atom is -0.461 e. The second-order valence-electron chi connectivity index (χ2n) is 3.97. The molecule has 1 N–H and O–H groups in total. The molecular weight excluding hydrogens is 270 g/mol. The van der Waals surface area contributed by atoms with E-state index in [0.29, 0.717) is 19.0 Å². The third-order valence-electron chi connectivity index (χ3n) is 2.02. The highest BCUT2D eigenvalue weighted by atomic mass is 35.5. The molecule has 0 aliphatic rings. The number of rotatable bonds is 6. The van der Waals surface area contributed by atoms with Crippen molar-refractivity contribution in [2.75, 3.05) is 11.9 Å². The second-order valence-corrected chi connectivity index (χ2v) is 4.31. The van der Waals surface area contributed by atoms with Crippen LogP contribution in [0.1, 0.15) is 13.8 Å². The molecule has 0 saturated carbocycles. The van der Waals surface area contributed by atoms with Crippen molar-refractivity contribution in [3.63, 3.8) is 0 Å². The maximum absolute atomic E-state index is 5.80. The van der Waals surface area contributed by atoms with Crippen LogP contribution in [0.15, 0.2) is 12.4 Å². The van der Waals surface area contributed by atoms with E-state index in [1.165, 1.54) is 0 Å². The van der Waals surface area contributed by atoms with Crippen LogP contribution in [-0.2, 0) is 6.54 Å². The maximum atomic E-state index is 5.80. The Labute approximate surface area is 115 Å². The summed E-state index contributed by atoms with van der Waals surface area (Å²) < 4.78 is 7.07. The Kier molecular flexibility index (Phi) is 4.45. The number of anilines is 1. The predicted octanol–water partition coefficient (Wildman–Crippen LogP) is 1.02. The molecule has 0 fully saturated rings. The molecule has 19 heavy (non-hydrogen) atoms. The van der Waals surface area contributed by atoms with Crippen molar-refractivity contribution in [1.82, 2.24) is 29.9 Å². The van der Waals surface area contributed by atoms with Crippen molar-refractivity contribution in [3.05, 3.63) is 17.7 Å². The van der Waals surface area contributed by atoms with E-state index < -0.39 is 0 Å². The van der Waals surface area contributed by atoms with Crippen LogP contribution in [0.3, 0.4) is 0 Å². The lowest BCUT2D eigenvalue weighted by Crippen LogP contribution is -2.15. The van der Waals surface area contributed by atoms with Crippen LogP contribution in [0.25, 0.3) is 0 Å². The number of hydrogen-bond acceptors (Lipinski definition) is 7. The molecule has 2 rings (SSSR count). The van der Waals surface area contributed by atoms with Crippen LogP contribution in [0.5, 0.6) is 6.01 Å². The molecule has 0 aliphatic heterocycles. The summed E-state index contributed by atoms with van der Waals surface area (Å²) in [7, 11) is 0. The Morgan fingerprint density at radius 3 is 2.89 bits per heavy atom. The molecule has 0 radical (unpaired) electrons. The van der Waals surface area contributed by atoms with E-state index in [-0.39, 0.29) is 17.4 Å². The molecule has 9 heteroatoms. The highest BCUT2D eigenvalue weighted by Gasteiger charge is 2.07. The Balaban J connectivity index is 1.93. The SMILES string of the molecule is CC(C)Oc1nc(Cl)nc(NCCn2ccnn2)n1. The number of nitrogens with one attached hydrogen (secondary N) is 1. The highest BCUT2D eigenvalue weighted by molar-refractivity contribution is 6.28. The van der Waals surface area contributed by atoms with Crippen molar-refractivity contribution in [2.24, 2.45) is 0 Å². The number of aromatic nitrogens is 6. The van der Waals surface area contributed by atoms with Gasteiger partial charge in [0.05, 0.1) is 18.8 Å². The molecule has 0 spiro atoms. The first-order chi connectivity index (χ1) is 9.13. The Morgan fingerprint density at radius 1 is 1.37 bits per heavy atom. The Bertz CT molecular complexity index is 517. The van der Waals surface area contributed by atoms with Crippen molar-refractivity contribution in [3.8, 4) is 6.01 Å². The molecule has 0 unspecified atom stereocenters. The van der Waals surface area contributed by atoms with Crippen LogP contribution in [0, 0.1) is 0 Å². The predicted molar refractivity (Wildman–Crippen MR) is 69.1 cm³/mol. The second kappa shape index (κ2) is 6.28. The van der Waals surface area contributed by atoms with Crippen LogP contribution in [0.4, 0.5) is 5.95 Å². The minimum absolute atomic E-state index is 0.0264.